The number of amides is 1. The molecule has 1 N–H and O–H groups in total. The first-order chi connectivity index (χ1) is 18.4. The van der Waals surface area contributed by atoms with E-state index in [0.29, 0.717) is 0 Å². The number of carbonyl (C=O) groups is 1. The Hall–Kier alpha value is -1.98. The van der Waals surface area contributed by atoms with Gasteiger partial charge in [0, 0.05) is 0 Å². The number of hydrogen-bond acceptors (Lipinski definition) is 1. The number of halogens is 2. The SMILES string of the molecule is O=C([NH][Hf]([Cl])([Cl])([c]1cccc2c1Cc1ccccc1-2)[SiH](c1ccccc1)c1ccccc1)C1CCCCC1. The van der Waals surface area contributed by atoms with Gasteiger partial charge in [0.05, 0.1) is 0 Å². The summed E-state index contributed by atoms with van der Waals surface area (Å²) in [7, 11) is 16.4. The van der Waals surface area contributed by atoms with Gasteiger partial charge in [-0.25, -0.2) is 0 Å². The molecule has 0 spiro atoms. The maximum absolute atomic E-state index is 14.1. The van der Waals surface area contributed by atoms with Crippen LogP contribution in [0.1, 0.15) is 43.2 Å². The zero-order valence-corrected chi connectivity index (χ0v) is 27.6. The van der Waals surface area contributed by atoms with E-state index in [1.165, 1.54) is 39.0 Å². The molecule has 0 heterocycles. The first-order valence-electron chi connectivity index (χ1n) is 13.7. The van der Waals surface area contributed by atoms with Crippen LogP contribution in [0.4, 0.5) is 0 Å². The first-order valence-corrected chi connectivity index (χ1v) is 34.1. The van der Waals surface area contributed by atoms with Crippen molar-refractivity contribution in [2.75, 3.05) is 0 Å². The van der Waals surface area contributed by atoms with Gasteiger partial charge >= 0.3 is 236 Å². The molecule has 0 aliphatic heterocycles. The van der Waals surface area contributed by atoms with Gasteiger partial charge < -0.3 is 0 Å². The third kappa shape index (κ3) is 4.68. The molecule has 0 saturated heterocycles. The fourth-order valence-electron chi connectivity index (χ4n) is 6.64. The van der Waals surface area contributed by atoms with Crippen molar-refractivity contribution >= 4 is 42.7 Å². The van der Waals surface area contributed by atoms with Gasteiger partial charge in [-0.05, 0) is 0 Å². The van der Waals surface area contributed by atoms with Gasteiger partial charge in [-0.2, -0.15) is 0 Å². The molecule has 0 radical (unpaired) electrons. The molecule has 0 bridgehead atoms. The maximum atomic E-state index is 14.1. The Morgan fingerprint density at radius 3 is 1.95 bits per heavy atom. The summed E-state index contributed by atoms with van der Waals surface area (Å²) in [5, 5.41) is 2.35. The molecule has 0 aromatic heterocycles. The molecule has 1 fully saturated rings. The van der Waals surface area contributed by atoms with Crippen molar-refractivity contribution in [3.05, 3.63) is 114 Å². The number of nitrogens with one attached hydrogen (secondary N) is 1. The van der Waals surface area contributed by atoms with Crippen LogP contribution in [-0.4, -0.2) is 11.9 Å². The minimum absolute atomic E-state index is 0.0214. The van der Waals surface area contributed by atoms with Crippen LogP contribution < -0.4 is 17.0 Å². The summed E-state index contributed by atoms with van der Waals surface area (Å²) < 4.78 is 4.60. The summed E-state index contributed by atoms with van der Waals surface area (Å²) in [5.74, 6) is -2.31. The quantitative estimate of drug-likeness (QED) is 0.213. The second-order valence-electron chi connectivity index (χ2n) is 10.8. The predicted octanol–water partition coefficient (Wildman–Crippen LogP) is 6.03. The Bertz CT molecular complexity index is 1430. The molecule has 38 heavy (non-hydrogen) atoms. The van der Waals surface area contributed by atoms with Crippen molar-refractivity contribution in [1.29, 1.82) is 0 Å². The molecule has 0 unspecified atom stereocenters. The molecule has 2 nitrogen and oxygen atoms in total. The molecule has 1 saturated carbocycles. The van der Waals surface area contributed by atoms with E-state index < -0.39 is 21.6 Å². The van der Waals surface area contributed by atoms with Crippen LogP contribution in [0.5, 0.6) is 0 Å². The molecule has 2 aliphatic rings. The van der Waals surface area contributed by atoms with Gasteiger partial charge in [0.25, 0.3) is 0 Å². The van der Waals surface area contributed by atoms with Crippen molar-refractivity contribution < 1.29 is 20.4 Å². The zero-order chi connectivity index (χ0) is 26.2. The van der Waals surface area contributed by atoms with Crippen molar-refractivity contribution in [2.24, 2.45) is 5.92 Å². The summed E-state index contributed by atoms with van der Waals surface area (Å²) in [6.07, 6.45) is 5.97. The van der Waals surface area contributed by atoms with Crippen LogP contribution in [0.3, 0.4) is 0 Å². The van der Waals surface area contributed by atoms with Crippen LogP contribution in [0.25, 0.3) is 11.1 Å². The van der Waals surface area contributed by atoms with Crippen LogP contribution in [0.2, 0.25) is 0 Å². The summed E-state index contributed by atoms with van der Waals surface area (Å²) in [4.78, 5) is 14.1. The molecule has 193 valence electrons. The normalized spacial score (nSPS) is 16.3. The molecule has 4 aromatic rings. The Labute approximate surface area is 234 Å². The average Bonchev–Trinajstić information content (AvgIpc) is 3.33. The van der Waals surface area contributed by atoms with Gasteiger partial charge in [-0.15, -0.1) is 0 Å². The fraction of sp³-hybridized carbons (Fsp3) is 0.219. The third-order valence-electron chi connectivity index (χ3n) is 8.45. The van der Waals surface area contributed by atoms with E-state index >= 15 is 0 Å². The number of fused-ring (bicyclic) bond motifs is 3. The molecule has 4 aromatic carbocycles. The van der Waals surface area contributed by atoms with Crippen molar-refractivity contribution in [3.63, 3.8) is 0 Å². The monoisotopic (exact) mass is 724 g/mol. The molecule has 1 amide bonds. The van der Waals surface area contributed by atoms with E-state index in [4.69, 9.17) is 17.2 Å². The van der Waals surface area contributed by atoms with E-state index in [9.17, 15) is 4.79 Å². The van der Waals surface area contributed by atoms with Gasteiger partial charge in [-0.1, -0.05) is 0 Å². The standard InChI is InChI=1S/C13H9.C12H11Si.C7H13NO.2ClH.Hf/c1-3-7-12-10(5-1)9-11-6-2-4-8-13(11)12;1-3-7-11(8-4-1)13-12-9-5-2-6-10-12;8-7(9)6-4-2-1-3-5-6;;;/h1-5,7-8H,9H2;1-10,13H;6H,1-5H2,(H2,8,9);2*1H;/q;;;;;+3/p-3. The van der Waals surface area contributed by atoms with Crippen molar-refractivity contribution in [3.8, 4) is 11.1 Å². The molecule has 0 atom stereocenters. The summed E-state index contributed by atoms with van der Waals surface area (Å²) in [6.45, 7) is 0. The average molecular weight is 724 g/mol. The van der Waals surface area contributed by atoms with Gasteiger partial charge in [-0.3, -0.25) is 0 Å². The molecular weight excluding hydrogens is 692 g/mol. The van der Waals surface area contributed by atoms with E-state index in [1.54, 1.807) is 0 Å². The molecule has 2 aliphatic carbocycles. The Morgan fingerprint density at radius 1 is 0.711 bits per heavy atom. The van der Waals surface area contributed by atoms with Crippen LogP contribution in [0.15, 0.2) is 103 Å². The third-order valence-corrected chi connectivity index (χ3v) is 56.8. The number of carbonyl (C=O) groups excluding carboxylic acids is 1. The number of rotatable bonds is 6. The van der Waals surface area contributed by atoms with E-state index in [1.807, 2.05) is 12.1 Å². The van der Waals surface area contributed by atoms with E-state index in [2.05, 4.69) is 94.3 Å². The predicted molar refractivity (Wildman–Crippen MR) is 160 cm³/mol. The number of hydrogen-bond donors (Lipinski definition) is 1. The van der Waals surface area contributed by atoms with Crippen molar-refractivity contribution in [1.82, 2.24) is 3.30 Å². The summed E-state index contributed by atoms with van der Waals surface area (Å²) in [5.41, 5.74) is 4.93. The summed E-state index contributed by atoms with van der Waals surface area (Å²) in [6, 6.07) is 35.9. The fourth-order valence-corrected chi connectivity index (χ4v) is 58.8. The van der Waals surface area contributed by atoms with Crippen LogP contribution in [-0.2, 0) is 26.8 Å². The Morgan fingerprint density at radius 2 is 1.29 bits per heavy atom. The molecule has 6 heteroatoms. The van der Waals surface area contributed by atoms with E-state index in [0.717, 1.165) is 35.4 Å². The second kappa shape index (κ2) is 10.5. The second-order valence-corrected chi connectivity index (χ2v) is 59.7. The topological polar surface area (TPSA) is 29.1 Å². The van der Waals surface area contributed by atoms with E-state index in [-0.39, 0.29) is 11.8 Å². The summed E-state index contributed by atoms with van der Waals surface area (Å²) >= 11 is -5.53. The van der Waals surface area contributed by atoms with Crippen LogP contribution in [0, 0.1) is 5.92 Å². The Balaban J connectivity index is 1.59. The van der Waals surface area contributed by atoms with Gasteiger partial charge in [0.1, 0.15) is 0 Å². The van der Waals surface area contributed by atoms with Crippen LogP contribution >= 0.6 is 17.2 Å². The number of benzene rings is 4. The van der Waals surface area contributed by atoms with Gasteiger partial charge in [0.2, 0.25) is 0 Å². The minimum atomic E-state index is -5.53. The Kier molecular flexibility index (Phi) is 7.28. The van der Waals surface area contributed by atoms with Gasteiger partial charge in [0.15, 0.2) is 0 Å². The molecule has 6 rings (SSSR count). The zero-order valence-electron chi connectivity index (χ0n) is 21.4. The first kappa shape index (κ1) is 26.3. The molecular formula is C32H32Cl2HfNOSi. The van der Waals surface area contributed by atoms with Crippen molar-refractivity contribution in [2.45, 2.75) is 38.5 Å².